The van der Waals surface area contributed by atoms with Crippen molar-refractivity contribution >= 4 is 17.7 Å². The predicted octanol–water partition coefficient (Wildman–Crippen LogP) is 3.26. The van der Waals surface area contributed by atoms with Crippen molar-refractivity contribution in [2.45, 2.75) is 39.8 Å². The standard InChI is InChI=1S/C15H23ClN2O2/c1-11-9-13(16)6-5-12(11)10-17-7-8-18-14(19)20-15(2,3)4/h5-6,9,17H,7-8,10H2,1-4H3,(H,18,19). The lowest BCUT2D eigenvalue weighted by Crippen LogP contribution is -2.36. The lowest BCUT2D eigenvalue weighted by Gasteiger charge is -2.19. The van der Waals surface area contributed by atoms with Crippen LogP contribution in [0.2, 0.25) is 5.02 Å². The van der Waals surface area contributed by atoms with E-state index in [2.05, 4.69) is 10.6 Å². The Bertz CT molecular complexity index is 456. The van der Waals surface area contributed by atoms with Gasteiger partial charge in [-0.25, -0.2) is 4.79 Å². The fourth-order valence-corrected chi connectivity index (χ4v) is 1.87. The third-order valence-electron chi connectivity index (χ3n) is 2.59. The molecule has 0 saturated carbocycles. The Kier molecular flexibility index (Phi) is 6.30. The van der Waals surface area contributed by atoms with E-state index < -0.39 is 5.60 Å². The highest BCUT2D eigenvalue weighted by Crippen LogP contribution is 2.14. The van der Waals surface area contributed by atoms with Gasteiger partial charge in [0.1, 0.15) is 5.60 Å². The van der Waals surface area contributed by atoms with Gasteiger partial charge in [-0.15, -0.1) is 0 Å². The Hall–Kier alpha value is -1.26. The minimum Gasteiger partial charge on any atom is -0.444 e. The van der Waals surface area contributed by atoms with Gasteiger partial charge in [0.15, 0.2) is 0 Å². The second-order valence-corrected chi connectivity index (χ2v) is 6.11. The summed E-state index contributed by atoms with van der Waals surface area (Å²) < 4.78 is 5.14. The molecule has 0 aliphatic carbocycles. The first-order chi connectivity index (χ1) is 9.28. The molecule has 0 bridgehead atoms. The van der Waals surface area contributed by atoms with E-state index in [1.807, 2.05) is 45.9 Å². The van der Waals surface area contributed by atoms with E-state index >= 15 is 0 Å². The van der Waals surface area contributed by atoms with Crippen molar-refractivity contribution in [2.75, 3.05) is 13.1 Å². The lowest BCUT2D eigenvalue weighted by molar-refractivity contribution is 0.0528. The third kappa shape index (κ3) is 6.78. The van der Waals surface area contributed by atoms with Gasteiger partial charge in [-0.1, -0.05) is 17.7 Å². The highest BCUT2D eigenvalue weighted by Gasteiger charge is 2.15. The number of ether oxygens (including phenoxy) is 1. The van der Waals surface area contributed by atoms with Crippen LogP contribution in [0.4, 0.5) is 4.79 Å². The van der Waals surface area contributed by atoms with E-state index in [1.165, 1.54) is 5.56 Å². The van der Waals surface area contributed by atoms with Crippen LogP contribution in [0.1, 0.15) is 31.9 Å². The number of halogens is 1. The molecule has 1 aromatic carbocycles. The summed E-state index contributed by atoms with van der Waals surface area (Å²) in [6.45, 7) is 9.51. The van der Waals surface area contributed by atoms with Crippen LogP contribution in [-0.4, -0.2) is 24.8 Å². The number of carbonyl (C=O) groups is 1. The quantitative estimate of drug-likeness (QED) is 0.820. The molecular formula is C15H23ClN2O2. The van der Waals surface area contributed by atoms with Gasteiger partial charge in [0.25, 0.3) is 0 Å². The molecule has 0 atom stereocenters. The zero-order valence-electron chi connectivity index (χ0n) is 12.5. The summed E-state index contributed by atoms with van der Waals surface area (Å²) in [4.78, 5) is 11.4. The maximum Gasteiger partial charge on any atom is 0.407 e. The highest BCUT2D eigenvalue weighted by atomic mass is 35.5. The smallest absolute Gasteiger partial charge is 0.407 e. The van der Waals surface area contributed by atoms with E-state index in [1.54, 1.807) is 0 Å². The predicted molar refractivity (Wildman–Crippen MR) is 82.1 cm³/mol. The molecule has 5 heteroatoms. The van der Waals surface area contributed by atoms with E-state index in [0.29, 0.717) is 13.1 Å². The SMILES string of the molecule is Cc1cc(Cl)ccc1CNCCNC(=O)OC(C)(C)C. The molecule has 0 aliphatic rings. The number of benzene rings is 1. The Balaban J connectivity index is 2.21. The number of nitrogens with one attached hydrogen (secondary N) is 2. The molecule has 112 valence electrons. The molecule has 1 rings (SSSR count). The first-order valence-corrected chi connectivity index (χ1v) is 7.08. The van der Waals surface area contributed by atoms with Crippen LogP contribution in [0.25, 0.3) is 0 Å². The third-order valence-corrected chi connectivity index (χ3v) is 2.83. The maximum atomic E-state index is 11.4. The molecule has 1 amide bonds. The van der Waals surface area contributed by atoms with Crippen molar-refractivity contribution in [3.05, 3.63) is 34.3 Å². The largest absolute Gasteiger partial charge is 0.444 e. The Morgan fingerprint density at radius 3 is 2.60 bits per heavy atom. The summed E-state index contributed by atoms with van der Waals surface area (Å²) in [5.41, 5.74) is 1.90. The fraction of sp³-hybridized carbons (Fsp3) is 0.533. The molecule has 4 nitrogen and oxygen atoms in total. The molecular weight excluding hydrogens is 276 g/mol. The molecule has 2 N–H and O–H groups in total. The monoisotopic (exact) mass is 298 g/mol. The summed E-state index contributed by atoms with van der Waals surface area (Å²) in [5, 5.41) is 6.72. The number of alkyl carbamates (subject to hydrolysis) is 1. The molecule has 0 aliphatic heterocycles. The maximum absolute atomic E-state index is 11.4. The van der Waals surface area contributed by atoms with Gasteiger partial charge in [-0.3, -0.25) is 0 Å². The zero-order chi connectivity index (χ0) is 15.2. The van der Waals surface area contributed by atoms with E-state index in [4.69, 9.17) is 16.3 Å². The second-order valence-electron chi connectivity index (χ2n) is 5.68. The molecule has 0 fully saturated rings. The number of hydrogen-bond donors (Lipinski definition) is 2. The van der Waals surface area contributed by atoms with Gasteiger partial charge in [0.2, 0.25) is 0 Å². The van der Waals surface area contributed by atoms with Crippen LogP contribution in [0.15, 0.2) is 18.2 Å². The summed E-state index contributed by atoms with van der Waals surface area (Å²) in [6.07, 6.45) is -0.387. The van der Waals surface area contributed by atoms with Gasteiger partial charge in [-0.05, 0) is 51.0 Å². The Morgan fingerprint density at radius 2 is 2.00 bits per heavy atom. The average Bonchev–Trinajstić information content (AvgIpc) is 2.28. The normalized spacial score (nSPS) is 11.2. The first-order valence-electron chi connectivity index (χ1n) is 6.70. The van der Waals surface area contributed by atoms with E-state index in [-0.39, 0.29) is 6.09 Å². The molecule has 0 saturated heterocycles. The van der Waals surface area contributed by atoms with Gasteiger partial charge < -0.3 is 15.4 Å². The van der Waals surface area contributed by atoms with Crippen LogP contribution in [0.3, 0.4) is 0 Å². The summed E-state index contributed by atoms with van der Waals surface area (Å²) >= 11 is 5.91. The van der Waals surface area contributed by atoms with Gasteiger partial charge in [-0.2, -0.15) is 0 Å². The molecule has 0 spiro atoms. The van der Waals surface area contributed by atoms with Crippen LogP contribution in [0.5, 0.6) is 0 Å². The average molecular weight is 299 g/mol. The van der Waals surface area contributed by atoms with Crippen molar-refractivity contribution in [3.63, 3.8) is 0 Å². The lowest BCUT2D eigenvalue weighted by atomic mass is 10.1. The molecule has 1 aromatic rings. The van der Waals surface area contributed by atoms with Crippen molar-refractivity contribution in [2.24, 2.45) is 0 Å². The van der Waals surface area contributed by atoms with Crippen LogP contribution >= 0.6 is 11.6 Å². The molecule has 0 heterocycles. The van der Waals surface area contributed by atoms with Crippen molar-refractivity contribution in [3.8, 4) is 0 Å². The Labute approximate surface area is 125 Å². The van der Waals surface area contributed by atoms with E-state index in [0.717, 1.165) is 17.1 Å². The molecule has 0 radical (unpaired) electrons. The second kappa shape index (κ2) is 7.50. The summed E-state index contributed by atoms with van der Waals surface area (Å²) in [7, 11) is 0. The van der Waals surface area contributed by atoms with Gasteiger partial charge in [0, 0.05) is 24.7 Å². The summed E-state index contributed by atoms with van der Waals surface area (Å²) in [6, 6.07) is 5.83. The van der Waals surface area contributed by atoms with Crippen molar-refractivity contribution in [1.82, 2.24) is 10.6 Å². The molecule has 0 aromatic heterocycles. The van der Waals surface area contributed by atoms with Crippen molar-refractivity contribution in [1.29, 1.82) is 0 Å². The fourth-order valence-electron chi connectivity index (χ4n) is 1.65. The highest BCUT2D eigenvalue weighted by molar-refractivity contribution is 6.30. The van der Waals surface area contributed by atoms with Gasteiger partial charge in [0.05, 0.1) is 0 Å². The van der Waals surface area contributed by atoms with Gasteiger partial charge >= 0.3 is 6.09 Å². The van der Waals surface area contributed by atoms with Crippen molar-refractivity contribution < 1.29 is 9.53 Å². The number of hydrogen-bond acceptors (Lipinski definition) is 3. The number of carbonyl (C=O) groups excluding carboxylic acids is 1. The summed E-state index contributed by atoms with van der Waals surface area (Å²) in [5.74, 6) is 0. The number of amides is 1. The number of rotatable bonds is 5. The van der Waals surface area contributed by atoms with E-state index in [9.17, 15) is 4.79 Å². The first kappa shape index (κ1) is 16.8. The topological polar surface area (TPSA) is 50.4 Å². The molecule has 20 heavy (non-hydrogen) atoms. The molecule has 0 unspecified atom stereocenters. The minimum absolute atomic E-state index is 0.387. The Morgan fingerprint density at radius 1 is 1.30 bits per heavy atom. The van der Waals surface area contributed by atoms with Crippen LogP contribution in [0, 0.1) is 6.92 Å². The van der Waals surface area contributed by atoms with Crippen LogP contribution < -0.4 is 10.6 Å². The zero-order valence-corrected chi connectivity index (χ0v) is 13.3. The number of aryl methyl sites for hydroxylation is 1. The minimum atomic E-state index is -0.460. The van der Waals surface area contributed by atoms with Crippen LogP contribution in [-0.2, 0) is 11.3 Å².